The predicted octanol–water partition coefficient (Wildman–Crippen LogP) is 2.72. The predicted molar refractivity (Wildman–Crippen MR) is 69.9 cm³/mol. The van der Waals surface area contributed by atoms with Gasteiger partial charge in [0.25, 0.3) is 0 Å². The highest BCUT2D eigenvalue weighted by Gasteiger charge is 2.02. The number of anilines is 1. The van der Waals surface area contributed by atoms with E-state index in [1.807, 2.05) is 6.92 Å². The average molecular weight is 245 g/mol. The number of benzene rings is 2. The zero-order valence-corrected chi connectivity index (χ0v) is 10.0. The Bertz CT molecular complexity index is 567. The standard InChI is InChI=1S/C14H15NO3/c1-9-6-11(16)3-4-12(9)15-8-10-2-5-13(17)14(18)7-10/h2-7,15-18H,8H2,1H3. The molecule has 0 saturated heterocycles. The molecule has 0 saturated carbocycles. The monoisotopic (exact) mass is 245 g/mol. The Morgan fingerprint density at radius 3 is 2.39 bits per heavy atom. The summed E-state index contributed by atoms with van der Waals surface area (Å²) in [6.45, 7) is 2.43. The second kappa shape index (κ2) is 4.87. The molecule has 18 heavy (non-hydrogen) atoms. The van der Waals surface area contributed by atoms with Crippen LogP contribution in [0, 0.1) is 6.92 Å². The third kappa shape index (κ3) is 2.66. The van der Waals surface area contributed by atoms with Gasteiger partial charge in [-0.15, -0.1) is 0 Å². The minimum atomic E-state index is -0.128. The first-order chi connectivity index (χ1) is 8.56. The van der Waals surface area contributed by atoms with Crippen molar-refractivity contribution in [2.24, 2.45) is 0 Å². The molecule has 0 heterocycles. The van der Waals surface area contributed by atoms with E-state index in [1.165, 1.54) is 12.1 Å². The summed E-state index contributed by atoms with van der Waals surface area (Å²) in [6, 6.07) is 9.79. The second-order valence-corrected chi connectivity index (χ2v) is 4.18. The molecule has 0 aliphatic rings. The molecule has 4 N–H and O–H groups in total. The van der Waals surface area contributed by atoms with Crippen LogP contribution in [0.2, 0.25) is 0 Å². The lowest BCUT2D eigenvalue weighted by molar-refractivity contribution is 0.403. The van der Waals surface area contributed by atoms with Crippen molar-refractivity contribution in [2.45, 2.75) is 13.5 Å². The van der Waals surface area contributed by atoms with Gasteiger partial charge in [0.05, 0.1) is 0 Å². The van der Waals surface area contributed by atoms with Gasteiger partial charge in [-0.25, -0.2) is 0 Å². The molecule has 2 rings (SSSR count). The summed E-state index contributed by atoms with van der Waals surface area (Å²) in [5.41, 5.74) is 2.72. The largest absolute Gasteiger partial charge is 0.508 e. The summed E-state index contributed by atoms with van der Waals surface area (Å²) in [7, 11) is 0. The molecule has 0 spiro atoms. The molecule has 94 valence electrons. The van der Waals surface area contributed by atoms with Gasteiger partial charge in [0, 0.05) is 12.2 Å². The first kappa shape index (κ1) is 12.1. The molecular weight excluding hydrogens is 230 g/mol. The van der Waals surface area contributed by atoms with E-state index in [4.69, 9.17) is 0 Å². The van der Waals surface area contributed by atoms with Crippen LogP contribution in [-0.4, -0.2) is 15.3 Å². The Morgan fingerprint density at radius 2 is 1.72 bits per heavy atom. The highest BCUT2D eigenvalue weighted by atomic mass is 16.3. The van der Waals surface area contributed by atoms with Gasteiger partial charge in [0.2, 0.25) is 0 Å². The number of hydrogen-bond acceptors (Lipinski definition) is 4. The topological polar surface area (TPSA) is 72.7 Å². The molecule has 0 bridgehead atoms. The highest BCUT2D eigenvalue weighted by molar-refractivity contribution is 5.54. The van der Waals surface area contributed by atoms with Gasteiger partial charge in [-0.2, -0.15) is 0 Å². The fourth-order valence-corrected chi connectivity index (χ4v) is 1.72. The molecule has 0 aromatic heterocycles. The summed E-state index contributed by atoms with van der Waals surface area (Å²) >= 11 is 0. The average Bonchev–Trinajstić information content (AvgIpc) is 2.32. The van der Waals surface area contributed by atoms with E-state index in [1.54, 1.807) is 24.3 Å². The fraction of sp³-hybridized carbons (Fsp3) is 0.143. The molecule has 0 aliphatic carbocycles. The normalized spacial score (nSPS) is 10.3. The van der Waals surface area contributed by atoms with Crippen molar-refractivity contribution in [1.82, 2.24) is 0 Å². The van der Waals surface area contributed by atoms with E-state index in [2.05, 4.69) is 5.32 Å². The van der Waals surface area contributed by atoms with Crippen LogP contribution in [0.15, 0.2) is 36.4 Å². The lowest BCUT2D eigenvalue weighted by Crippen LogP contribution is -2.00. The molecular formula is C14H15NO3. The van der Waals surface area contributed by atoms with Crippen LogP contribution in [0.1, 0.15) is 11.1 Å². The summed E-state index contributed by atoms with van der Waals surface area (Å²) in [6.07, 6.45) is 0. The van der Waals surface area contributed by atoms with E-state index in [0.717, 1.165) is 16.8 Å². The summed E-state index contributed by atoms with van der Waals surface area (Å²) in [5.74, 6) is -0.0170. The first-order valence-electron chi connectivity index (χ1n) is 5.60. The SMILES string of the molecule is Cc1cc(O)ccc1NCc1ccc(O)c(O)c1. The molecule has 0 atom stereocenters. The van der Waals surface area contributed by atoms with Gasteiger partial charge >= 0.3 is 0 Å². The van der Waals surface area contributed by atoms with E-state index < -0.39 is 0 Å². The van der Waals surface area contributed by atoms with E-state index in [-0.39, 0.29) is 17.2 Å². The number of phenols is 3. The van der Waals surface area contributed by atoms with Crippen molar-refractivity contribution in [2.75, 3.05) is 5.32 Å². The van der Waals surface area contributed by atoms with Crippen LogP contribution in [-0.2, 0) is 6.54 Å². The maximum Gasteiger partial charge on any atom is 0.157 e. The van der Waals surface area contributed by atoms with Crippen LogP contribution in [0.4, 0.5) is 5.69 Å². The molecule has 0 fully saturated rings. The van der Waals surface area contributed by atoms with Crippen molar-refractivity contribution in [1.29, 1.82) is 0 Å². The molecule has 2 aromatic carbocycles. The van der Waals surface area contributed by atoms with Crippen molar-refractivity contribution in [3.8, 4) is 17.2 Å². The van der Waals surface area contributed by atoms with Gasteiger partial charge < -0.3 is 20.6 Å². The number of aryl methyl sites for hydroxylation is 1. The Hall–Kier alpha value is -2.36. The fourth-order valence-electron chi connectivity index (χ4n) is 1.72. The summed E-state index contributed by atoms with van der Waals surface area (Å²) in [4.78, 5) is 0. The summed E-state index contributed by atoms with van der Waals surface area (Å²) < 4.78 is 0. The van der Waals surface area contributed by atoms with Crippen LogP contribution >= 0.6 is 0 Å². The van der Waals surface area contributed by atoms with Crippen LogP contribution < -0.4 is 5.32 Å². The molecule has 0 amide bonds. The van der Waals surface area contributed by atoms with Crippen molar-refractivity contribution in [3.05, 3.63) is 47.5 Å². The smallest absolute Gasteiger partial charge is 0.157 e. The maximum absolute atomic E-state index is 9.38. The molecule has 4 nitrogen and oxygen atoms in total. The Labute approximate surface area is 105 Å². The van der Waals surface area contributed by atoms with Crippen molar-refractivity contribution < 1.29 is 15.3 Å². The van der Waals surface area contributed by atoms with Crippen LogP contribution in [0.3, 0.4) is 0 Å². The third-order valence-corrected chi connectivity index (χ3v) is 2.73. The zero-order valence-electron chi connectivity index (χ0n) is 10.0. The first-order valence-corrected chi connectivity index (χ1v) is 5.60. The molecule has 4 heteroatoms. The number of rotatable bonds is 3. The van der Waals surface area contributed by atoms with Gasteiger partial charge in [-0.05, 0) is 48.4 Å². The third-order valence-electron chi connectivity index (χ3n) is 2.73. The van der Waals surface area contributed by atoms with E-state index >= 15 is 0 Å². The quantitative estimate of drug-likeness (QED) is 0.495. The molecule has 0 radical (unpaired) electrons. The van der Waals surface area contributed by atoms with Gasteiger partial charge in [0.1, 0.15) is 5.75 Å². The number of phenolic OH excluding ortho intramolecular Hbond substituents is 3. The minimum absolute atomic E-state index is 0.125. The van der Waals surface area contributed by atoms with Gasteiger partial charge in [-0.3, -0.25) is 0 Å². The van der Waals surface area contributed by atoms with E-state index in [0.29, 0.717) is 6.54 Å². The highest BCUT2D eigenvalue weighted by Crippen LogP contribution is 2.26. The number of aromatic hydroxyl groups is 3. The van der Waals surface area contributed by atoms with Crippen molar-refractivity contribution >= 4 is 5.69 Å². The molecule has 0 aliphatic heterocycles. The lowest BCUT2D eigenvalue weighted by Gasteiger charge is -2.10. The lowest BCUT2D eigenvalue weighted by atomic mass is 10.1. The zero-order chi connectivity index (χ0) is 13.1. The van der Waals surface area contributed by atoms with Crippen LogP contribution in [0.5, 0.6) is 17.2 Å². The second-order valence-electron chi connectivity index (χ2n) is 4.18. The summed E-state index contributed by atoms with van der Waals surface area (Å²) in [5, 5.41) is 31.1. The van der Waals surface area contributed by atoms with Gasteiger partial charge in [-0.1, -0.05) is 6.07 Å². The van der Waals surface area contributed by atoms with Crippen LogP contribution in [0.25, 0.3) is 0 Å². The molecule has 0 unspecified atom stereocenters. The number of hydrogen-bond donors (Lipinski definition) is 4. The van der Waals surface area contributed by atoms with Gasteiger partial charge in [0.15, 0.2) is 11.5 Å². The van der Waals surface area contributed by atoms with E-state index in [9.17, 15) is 15.3 Å². The maximum atomic E-state index is 9.38. The minimum Gasteiger partial charge on any atom is -0.508 e. The Balaban J connectivity index is 2.09. The van der Waals surface area contributed by atoms with Crippen molar-refractivity contribution in [3.63, 3.8) is 0 Å². The Kier molecular flexibility index (Phi) is 3.28. The molecule has 2 aromatic rings. The number of nitrogens with one attached hydrogen (secondary N) is 1. The Morgan fingerprint density at radius 1 is 0.944 bits per heavy atom.